The predicted octanol–water partition coefficient (Wildman–Crippen LogP) is 0.254. The second-order valence-electron chi connectivity index (χ2n) is 5.54. The third-order valence-electron chi connectivity index (χ3n) is 3.69. The van der Waals surface area contributed by atoms with Gasteiger partial charge in [0.15, 0.2) is 0 Å². The lowest BCUT2D eigenvalue weighted by Gasteiger charge is -2.40. The lowest BCUT2D eigenvalue weighted by atomic mass is 9.98. The van der Waals surface area contributed by atoms with Gasteiger partial charge >= 0.3 is 0 Å². The Morgan fingerprint density at radius 2 is 2.11 bits per heavy atom. The zero-order valence-corrected chi connectivity index (χ0v) is 11.2. The predicted molar refractivity (Wildman–Crippen MR) is 69.0 cm³/mol. The highest BCUT2D eigenvalue weighted by Crippen LogP contribution is 2.19. The number of amides is 2. The normalized spacial score (nSPS) is 29.6. The first-order chi connectivity index (χ1) is 8.58. The van der Waals surface area contributed by atoms with E-state index in [1.165, 1.54) is 0 Å². The van der Waals surface area contributed by atoms with E-state index in [2.05, 4.69) is 24.5 Å². The molecule has 2 fully saturated rings. The second kappa shape index (κ2) is 5.69. The zero-order chi connectivity index (χ0) is 13.1. The summed E-state index contributed by atoms with van der Waals surface area (Å²) >= 11 is 0. The number of piperidine rings is 2. The van der Waals surface area contributed by atoms with Gasteiger partial charge in [-0.3, -0.25) is 9.59 Å². The quantitative estimate of drug-likeness (QED) is 0.758. The molecule has 0 aliphatic carbocycles. The standard InChI is InChI=1S/C13H23N3O2/c1-9(2)15-11-4-3-7-16(13(11)18)10-5-6-12(17)14-8-10/h9-11,15H,3-8H2,1-2H3,(H,14,17). The van der Waals surface area contributed by atoms with Crippen molar-refractivity contribution >= 4 is 11.8 Å². The van der Waals surface area contributed by atoms with Crippen LogP contribution in [0.5, 0.6) is 0 Å². The first-order valence-corrected chi connectivity index (χ1v) is 6.91. The van der Waals surface area contributed by atoms with Crippen LogP contribution in [-0.2, 0) is 9.59 Å². The summed E-state index contributed by atoms with van der Waals surface area (Å²) in [6.45, 7) is 5.56. The van der Waals surface area contributed by atoms with Gasteiger partial charge in [-0.05, 0) is 19.3 Å². The van der Waals surface area contributed by atoms with E-state index in [1.807, 2.05) is 4.90 Å². The molecule has 5 nitrogen and oxygen atoms in total. The summed E-state index contributed by atoms with van der Waals surface area (Å²) in [5.41, 5.74) is 0. The Morgan fingerprint density at radius 1 is 1.33 bits per heavy atom. The molecule has 0 radical (unpaired) electrons. The molecule has 0 aromatic carbocycles. The molecule has 2 aliphatic heterocycles. The zero-order valence-electron chi connectivity index (χ0n) is 11.2. The van der Waals surface area contributed by atoms with Gasteiger partial charge in [0.1, 0.15) is 0 Å². The van der Waals surface area contributed by atoms with E-state index in [1.54, 1.807) is 0 Å². The number of hydrogen-bond acceptors (Lipinski definition) is 3. The summed E-state index contributed by atoms with van der Waals surface area (Å²) in [6.07, 6.45) is 3.30. The minimum Gasteiger partial charge on any atom is -0.354 e. The number of nitrogens with zero attached hydrogens (tertiary/aromatic N) is 1. The fraction of sp³-hybridized carbons (Fsp3) is 0.846. The van der Waals surface area contributed by atoms with Crippen LogP contribution in [0, 0.1) is 0 Å². The molecule has 18 heavy (non-hydrogen) atoms. The molecule has 2 saturated heterocycles. The molecule has 2 heterocycles. The van der Waals surface area contributed by atoms with Crippen molar-refractivity contribution in [2.75, 3.05) is 13.1 Å². The number of carbonyl (C=O) groups excluding carboxylic acids is 2. The van der Waals surface area contributed by atoms with E-state index in [9.17, 15) is 9.59 Å². The molecule has 102 valence electrons. The van der Waals surface area contributed by atoms with Crippen LogP contribution < -0.4 is 10.6 Å². The van der Waals surface area contributed by atoms with Crippen molar-refractivity contribution in [1.29, 1.82) is 0 Å². The molecule has 5 heteroatoms. The van der Waals surface area contributed by atoms with E-state index in [0.29, 0.717) is 19.0 Å². The van der Waals surface area contributed by atoms with Crippen molar-refractivity contribution in [1.82, 2.24) is 15.5 Å². The highest BCUT2D eigenvalue weighted by molar-refractivity contribution is 5.83. The average molecular weight is 253 g/mol. The van der Waals surface area contributed by atoms with Gasteiger partial charge in [-0.25, -0.2) is 0 Å². The summed E-state index contributed by atoms with van der Waals surface area (Å²) in [6, 6.07) is 0.466. The smallest absolute Gasteiger partial charge is 0.240 e. The fourth-order valence-corrected chi connectivity index (χ4v) is 2.80. The van der Waals surface area contributed by atoms with Gasteiger partial charge in [-0.2, -0.15) is 0 Å². The minimum absolute atomic E-state index is 0.0450. The van der Waals surface area contributed by atoms with Crippen LogP contribution in [0.25, 0.3) is 0 Å². The van der Waals surface area contributed by atoms with Gasteiger partial charge in [0.2, 0.25) is 11.8 Å². The van der Waals surface area contributed by atoms with Crippen LogP contribution in [-0.4, -0.2) is 47.9 Å². The number of nitrogens with one attached hydrogen (secondary N) is 2. The summed E-state index contributed by atoms with van der Waals surface area (Å²) < 4.78 is 0. The Hall–Kier alpha value is -1.10. The van der Waals surface area contributed by atoms with Gasteiger partial charge in [0.25, 0.3) is 0 Å². The van der Waals surface area contributed by atoms with E-state index in [0.717, 1.165) is 25.8 Å². The van der Waals surface area contributed by atoms with Crippen LogP contribution in [0.2, 0.25) is 0 Å². The van der Waals surface area contributed by atoms with E-state index in [-0.39, 0.29) is 23.9 Å². The summed E-state index contributed by atoms with van der Waals surface area (Å²) in [4.78, 5) is 25.5. The van der Waals surface area contributed by atoms with Crippen molar-refractivity contribution in [3.05, 3.63) is 0 Å². The maximum Gasteiger partial charge on any atom is 0.240 e. The molecule has 0 aromatic heterocycles. The van der Waals surface area contributed by atoms with Gasteiger partial charge < -0.3 is 15.5 Å². The third kappa shape index (κ3) is 3.02. The molecular weight excluding hydrogens is 230 g/mol. The van der Waals surface area contributed by atoms with E-state index >= 15 is 0 Å². The lowest BCUT2D eigenvalue weighted by Crippen LogP contribution is -2.58. The highest BCUT2D eigenvalue weighted by Gasteiger charge is 2.34. The molecule has 2 N–H and O–H groups in total. The number of carbonyl (C=O) groups is 2. The van der Waals surface area contributed by atoms with Crippen LogP contribution in [0.1, 0.15) is 39.5 Å². The van der Waals surface area contributed by atoms with Crippen molar-refractivity contribution in [3.63, 3.8) is 0 Å². The molecule has 0 spiro atoms. The maximum atomic E-state index is 12.4. The Labute approximate surface area is 108 Å². The second-order valence-corrected chi connectivity index (χ2v) is 5.54. The van der Waals surface area contributed by atoms with Crippen LogP contribution in [0.3, 0.4) is 0 Å². The summed E-state index contributed by atoms with van der Waals surface area (Å²) in [5.74, 6) is 0.309. The van der Waals surface area contributed by atoms with Crippen molar-refractivity contribution in [2.45, 2.75) is 57.7 Å². The largest absolute Gasteiger partial charge is 0.354 e. The van der Waals surface area contributed by atoms with Crippen LogP contribution in [0.15, 0.2) is 0 Å². The molecule has 2 rings (SSSR count). The van der Waals surface area contributed by atoms with Crippen LogP contribution in [0.4, 0.5) is 0 Å². The molecule has 0 bridgehead atoms. The Kier molecular flexibility index (Phi) is 4.22. The maximum absolute atomic E-state index is 12.4. The SMILES string of the molecule is CC(C)NC1CCCN(C2CCC(=O)NC2)C1=O. The fourth-order valence-electron chi connectivity index (χ4n) is 2.80. The Balaban J connectivity index is 1.95. The monoisotopic (exact) mass is 253 g/mol. The van der Waals surface area contributed by atoms with Gasteiger partial charge in [-0.1, -0.05) is 13.8 Å². The Bertz CT molecular complexity index is 320. The molecule has 2 unspecified atom stereocenters. The summed E-state index contributed by atoms with van der Waals surface area (Å²) in [7, 11) is 0. The first kappa shape index (κ1) is 13.3. The molecule has 2 aliphatic rings. The number of hydrogen-bond donors (Lipinski definition) is 2. The highest BCUT2D eigenvalue weighted by atomic mass is 16.2. The number of rotatable bonds is 3. The van der Waals surface area contributed by atoms with Crippen molar-refractivity contribution < 1.29 is 9.59 Å². The Morgan fingerprint density at radius 3 is 2.72 bits per heavy atom. The van der Waals surface area contributed by atoms with Gasteiger partial charge in [0.05, 0.1) is 6.04 Å². The van der Waals surface area contributed by atoms with Gasteiger partial charge in [0, 0.05) is 31.6 Å². The van der Waals surface area contributed by atoms with Crippen LogP contribution >= 0.6 is 0 Å². The lowest BCUT2D eigenvalue weighted by molar-refractivity contribution is -0.140. The average Bonchev–Trinajstić information content (AvgIpc) is 2.33. The van der Waals surface area contributed by atoms with Crippen molar-refractivity contribution in [2.24, 2.45) is 0 Å². The van der Waals surface area contributed by atoms with Gasteiger partial charge in [-0.15, -0.1) is 0 Å². The number of likely N-dealkylation sites (tertiary alicyclic amines) is 1. The van der Waals surface area contributed by atoms with E-state index in [4.69, 9.17) is 0 Å². The van der Waals surface area contributed by atoms with Crippen molar-refractivity contribution in [3.8, 4) is 0 Å². The summed E-state index contributed by atoms with van der Waals surface area (Å²) in [5, 5.41) is 6.18. The van der Waals surface area contributed by atoms with E-state index < -0.39 is 0 Å². The molecule has 0 saturated carbocycles. The molecule has 2 atom stereocenters. The molecular formula is C13H23N3O2. The third-order valence-corrected chi connectivity index (χ3v) is 3.69. The molecule has 2 amide bonds. The minimum atomic E-state index is -0.0450. The topological polar surface area (TPSA) is 61.4 Å². The molecule has 0 aromatic rings. The first-order valence-electron chi connectivity index (χ1n) is 6.91.